The number of furan rings is 1. The van der Waals surface area contributed by atoms with Crippen molar-refractivity contribution in [3.63, 3.8) is 0 Å². The van der Waals surface area contributed by atoms with E-state index in [9.17, 15) is 14.7 Å². The monoisotopic (exact) mass is 441 g/mol. The first kappa shape index (κ1) is 21.9. The number of carbonyl (C=O) groups excluding carboxylic acids is 2. The Hall–Kier alpha value is -4.32. The largest absolute Gasteiger partial charge is 0.503 e. The van der Waals surface area contributed by atoms with Gasteiger partial charge in [-0.05, 0) is 41.5 Å². The molecule has 6 nitrogen and oxygen atoms in total. The van der Waals surface area contributed by atoms with E-state index in [2.05, 4.69) is 6.58 Å². The minimum atomic E-state index is -0.803. The van der Waals surface area contributed by atoms with Gasteiger partial charge in [0.25, 0.3) is 5.91 Å². The normalized spacial score (nSPS) is 15.9. The molecule has 33 heavy (non-hydrogen) atoms. The van der Waals surface area contributed by atoms with Crippen LogP contribution in [-0.4, -0.2) is 28.3 Å². The van der Waals surface area contributed by atoms with Gasteiger partial charge >= 0.3 is 0 Å². The number of aliphatic hydroxyl groups is 1. The van der Waals surface area contributed by atoms with Crippen molar-refractivity contribution in [1.82, 2.24) is 4.90 Å². The molecule has 1 unspecified atom stereocenters. The number of nitrogens with zero attached hydrogens (tertiary/aromatic N) is 1. The van der Waals surface area contributed by atoms with Crippen LogP contribution < -0.4 is 4.74 Å². The third-order valence-electron chi connectivity index (χ3n) is 5.24. The highest BCUT2D eigenvalue weighted by Gasteiger charge is 2.43. The Morgan fingerprint density at radius 1 is 1.12 bits per heavy atom. The van der Waals surface area contributed by atoms with Gasteiger partial charge < -0.3 is 19.2 Å². The zero-order chi connectivity index (χ0) is 23.2. The zero-order valence-electron chi connectivity index (χ0n) is 17.9. The highest BCUT2D eigenvalue weighted by atomic mass is 16.5. The molecule has 6 heteroatoms. The first-order valence-electron chi connectivity index (χ1n) is 10.5. The molecule has 0 aliphatic carbocycles. The van der Waals surface area contributed by atoms with E-state index in [1.165, 1.54) is 17.2 Å². The van der Waals surface area contributed by atoms with Crippen LogP contribution in [0, 0.1) is 0 Å². The van der Waals surface area contributed by atoms with Gasteiger partial charge in [-0.3, -0.25) is 9.59 Å². The Balaban J connectivity index is 1.72. The quantitative estimate of drug-likeness (QED) is 0.372. The summed E-state index contributed by atoms with van der Waals surface area (Å²) in [4.78, 5) is 27.6. The molecule has 2 aromatic carbocycles. The average molecular weight is 441 g/mol. The highest BCUT2D eigenvalue weighted by Crippen LogP contribution is 2.40. The fourth-order valence-electron chi connectivity index (χ4n) is 3.74. The lowest BCUT2D eigenvalue weighted by atomic mass is 9.95. The molecule has 1 aliphatic heterocycles. The maximum atomic E-state index is 13.2. The number of hydrogen-bond donors (Lipinski definition) is 1. The third kappa shape index (κ3) is 4.80. The first-order chi connectivity index (χ1) is 16.1. The van der Waals surface area contributed by atoms with E-state index in [1.807, 2.05) is 30.3 Å². The smallest absolute Gasteiger partial charge is 0.290 e. The number of amides is 1. The number of benzene rings is 2. The average Bonchev–Trinajstić information content (AvgIpc) is 3.44. The van der Waals surface area contributed by atoms with E-state index in [4.69, 9.17) is 9.15 Å². The van der Waals surface area contributed by atoms with Crippen LogP contribution in [0.2, 0.25) is 0 Å². The van der Waals surface area contributed by atoms with E-state index in [1.54, 1.807) is 48.6 Å². The van der Waals surface area contributed by atoms with E-state index in [0.29, 0.717) is 23.7 Å². The molecule has 1 amide bonds. The molecule has 1 aromatic heterocycles. The Bertz CT molecular complexity index is 1210. The highest BCUT2D eigenvalue weighted by molar-refractivity contribution is 6.14. The minimum absolute atomic E-state index is 0.0135. The predicted molar refractivity (Wildman–Crippen MR) is 124 cm³/mol. The van der Waals surface area contributed by atoms with E-state index in [-0.39, 0.29) is 12.1 Å². The lowest BCUT2D eigenvalue weighted by molar-refractivity contribution is -0.130. The van der Waals surface area contributed by atoms with Crippen LogP contribution in [0.4, 0.5) is 0 Å². The van der Waals surface area contributed by atoms with Gasteiger partial charge in [0.2, 0.25) is 0 Å². The fraction of sp³-hybridized carbons (Fsp3) is 0.111. The van der Waals surface area contributed by atoms with Gasteiger partial charge in [-0.15, -0.1) is 0 Å². The molecule has 0 radical (unpaired) electrons. The number of rotatable bonds is 9. The number of carbonyl (C=O) groups is 2. The maximum absolute atomic E-state index is 13.2. The second-order valence-electron chi connectivity index (χ2n) is 7.46. The van der Waals surface area contributed by atoms with Crippen molar-refractivity contribution in [3.8, 4) is 5.75 Å². The lowest BCUT2D eigenvalue weighted by Crippen LogP contribution is -2.30. The summed E-state index contributed by atoms with van der Waals surface area (Å²) in [6.07, 6.45) is 6.17. The lowest BCUT2D eigenvalue weighted by Gasteiger charge is -2.26. The molecule has 166 valence electrons. The molecule has 1 N–H and O–H groups in total. The zero-order valence-corrected chi connectivity index (χ0v) is 17.9. The molecule has 0 bridgehead atoms. The second-order valence-corrected chi connectivity index (χ2v) is 7.46. The maximum Gasteiger partial charge on any atom is 0.290 e. The summed E-state index contributed by atoms with van der Waals surface area (Å²) in [6, 6.07) is 19.1. The molecule has 4 rings (SSSR count). The van der Waals surface area contributed by atoms with Gasteiger partial charge in [0.05, 0.1) is 24.4 Å². The fourth-order valence-corrected chi connectivity index (χ4v) is 3.74. The Morgan fingerprint density at radius 3 is 2.67 bits per heavy atom. The number of aliphatic hydroxyl groups excluding tert-OH is 1. The Kier molecular flexibility index (Phi) is 6.55. The Morgan fingerprint density at radius 2 is 1.94 bits per heavy atom. The van der Waals surface area contributed by atoms with Gasteiger partial charge in [0, 0.05) is 0 Å². The summed E-state index contributed by atoms with van der Waals surface area (Å²) in [5, 5.41) is 10.7. The molecule has 0 spiro atoms. The second kappa shape index (κ2) is 9.87. The van der Waals surface area contributed by atoms with Gasteiger partial charge in [0.1, 0.15) is 18.1 Å². The predicted octanol–water partition coefficient (Wildman–Crippen LogP) is 5.02. The molecule has 0 saturated heterocycles. The van der Waals surface area contributed by atoms with Crippen molar-refractivity contribution in [1.29, 1.82) is 0 Å². The number of ether oxygens (including phenoxy) is 1. The Labute approximate surface area is 191 Å². The molecule has 0 fully saturated rings. The van der Waals surface area contributed by atoms with Crippen molar-refractivity contribution >= 4 is 17.8 Å². The molecular weight excluding hydrogens is 418 g/mol. The SMILES string of the molecule is C=CCOc1cccc(C2C(C(=O)C=Cc3ccccc3)=C(O)C(=O)N2Cc2ccco2)c1. The molecule has 1 atom stereocenters. The van der Waals surface area contributed by atoms with Gasteiger partial charge in [0.15, 0.2) is 11.5 Å². The summed E-state index contributed by atoms with van der Waals surface area (Å²) in [5.74, 6) is -0.546. The van der Waals surface area contributed by atoms with Crippen LogP contribution in [0.3, 0.4) is 0 Å². The van der Waals surface area contributed by atoms with E-state index in [0.717, 1.165) is 5.56 Å². The first-order valence-corrected chi connectivity index (χ1v) is 10.5. The van der Waals surface area contributed by atoms with Crippen molar-refractivity contribution in [2.24, 2.45) is 0 Å². The van der Waals surface area contributed by atoms with Crippen molar-refractivity contribution in [3.05, 3.63) is 120 Å². The van der Waals surface area contributed by atoms with E-state index >= 15 is 0 Å². The van der Waals surface area contributed by atoms with Crippen LogP contribution in [0.1, 0.15) is 22.9 Å². The molecule has 2 heterocycles. The van der Waals surface area contributed by atoms with Crippen LogP contribution in [0.25, 0.3) is 6.08 Å². The topological polar surface area (TPSA) is 80.0 Å². The third-order valence-corrected chi connectivity index (χ3v) is 5.24. The van der Waals surface area contributed by atoms with E-state index < -0.39 is 23.5 Å². The summed E-state index contributed by atoms with van der Waals surface area (Å²) in [5.41, 5.74) is 1.48. The summed E-state index contributed by atoms with van der Waals surface area (Å²) >= 11 is 0. The van der Waals surface area contributed by atoms with Crippen molar-refractivity contribution in [2.45, 2.75) is 12.6 Å². The van der Waals surface area contributed by atoms with Crippen LogP contribution in [0.5, 0.6) is 5.75 Å². The number of hydrogen-bond acceptors (Lipinski definition) is 5. The standard InChI is InChI=1S/C27H23NO5/c1-2-15-32-21-11-6-10-20(17-21)25-24(23(29)14-13-19-8-4-3-5-9-19)26(30)27(31)28(25)18-22-12-7-16-33-22/h2-14,16-17,25,30H,1,15,18H2. The summed E-state index contributed by atoms with van der Waals surface area (Å²) in [6.45, 7) is 4.06. The summed E-state index contributed by atoms with van der Waals surface area (Å²) < 4.78 is 11.0. The van der Waals surface area contributed by atoms with Gasteiger partial charge in [-0.1, -0.05) is 61.2 Å². The molecule has 1 aliphatic rings. The van der Waals surface area contributed by atoms with Crippen LogP contribution in [-0.2, 0) is 16.1 Å². The minimum Gasteiger partial charge on any atom is -0.503 e. The van der Waals surface area contributed by atoms with Crippen LogP contribution in [0.15, 0.2) is 107 Å². The van der Waals surface area contributed by atoms with Gasteiger partial charge in [-0.2, -0.15) is 0 Å². The molecule has 3 aromatic rings. The summed E-state index contributed by atoms with van der Waals surface area (Å²) in [7, 11) is 0. The molecule has 0 saturated carbocycles. The number of allylic oxidation sites excluding steroid dienone is 1. The number of ketones is 1. The van der Waals surface area contributed by atoms with Crippen LogP contribution >= 0.6 is 0 Å². The van der Waals surface area contributed by atoms with Crippen molar-refractivity contribution in [2.75, 3.05) is 6.61 Å². The molecular formula is C27H23NO5. The van der Waals surface area contributed by atoms with Crippen molar-refractivity contribution < 1.29 is 23.8 Å². The van der Waals surface area contributed by atoms with Gasteiger partial charge in [-0.25, -0.2) is 0 Å².